The summed E-state index contributed by atoms with van der Waals surface area (Å²) in [5, 5.41) is 18.2. The normalized spacial score (nSPS) is 10.4. The van der Waals surface area contributed by atoms with E-state index in [1.165, 1.54) is 11.8 Å². The quantitative estimate of drug-likeness (QED) is 0.788. The summed E-state index contributed by atoms with van der Waals surface area (Å²) in [5.41, 5.74) is 1.40. The molecule has 82 valence electrons. The molecule has 0 saturated heterocycles. The van der Waals surface area contributed by atoms with E-state index in [0.717, 1.165) is 15.6 Å². The largest absolute Gasteiger partial charge is 0.275 e. The van der Waals surface area contributed by atoms with Gasteiger partial charge in [0.1, 0.15) is 16.7 Å². The topological polar surface area (TPSA) is 59.4 Å². The van der Waals surface area contributed by atoms with Crippen LogP contribution in [0, 0.1) is 18.3 Å². The molecule has 0 bridgehead atoms. The first kappa shape index (κ1) is 10.8. The predicted molar refractivity (Wildman–Crippen MR) is 60.0 cm³/mol. The molecule has 2 rings (SSSR count). The Morgan fingerprint density at radius 1 is 1.44 bits per heavy atom. The molecule has 2 aromatic rings. The Kier molecular flexibility index (Phi) is 2.71. The van der Waals surface area contributed by atoms with Gasteiger partial charge in [0.15, 0.2) is 0 Å². The maximum absolute atomic E-state index is 9.06. The van der Waals surface area contributed by atoms with Crippen LogP contribution in [0.4, 0.5) is 0 Å². The van der Waals surface area contributed by atoms with Gasteiger partial charge >= 0.3 is 0 Å². The second-order valence-corrected chi connectivity index (χ2v) is 4.51. The number of hydrogen-bond donors (Lipinski definition) is 0. The summed E-state index contributed by atoms with van der Waals surface area (Å²) in [4.78, 5) is 1.00. The molecule has 0 amide bonds. The Labute approximate surface area is 97.7 Å². The van der Waals surface area contributed by atoms with Crippen LogP contribution in [0.5, 0.6) is 0 Å². The smallest absolute Gasteiger partial charge is 0.117 e. The van der Waals surface area contributed by atoms with Crippen LogP contribution in [0.25, 0.3) is 0 Å². The third kappa shape index (κ3) is 1.82. The molecule has 0 fully saturated rings. The number of nitriles is 1. The highest BCUT2D eigenvalue weighted by molar-refractivity contribution is 7.99. The van der Waals surface area contributed by atoms with Gasteiger partial charge in [-0.2, -0.15) is 15.5 Å². The standard InChI is InChI=1S/C10H11N5S/c1-7-9(4-11)10(15(3)13-7)16-8-5-12-14(2)6-8/h5-6H,1-3H3. The number of aromatic nitrogens is 4. The maximum Gasteiger partial charge on any atom is 0.117 e. The summed E-state index contributed by atoms with van der Waals surface area (Å²) in [6.45, 7) is 1.84. The summed E-state index contributed by atoms with van der Waals surface area (Å²) in [6, 6.07) is 2.18. The minimum atomic E-state index is 0.636. The van der Waals surface area contributed by atoms with Gasteiger partial charge < -0.3 is 0 Å². The predicted octanol–water partition coefficient (Wildman–Crippen LogP) is 1.48. The summed E-state index contributed by atoms with van der Waals surface area (Å²) in [6.07, 6.45) is 3.68. The lowest BCUT2D eigenvalue weighted by Crippen LogP contribution is -1.92. The molecule has 2 aromatic heterocycles. The highest BCUT2D eigenvalue weighted by Gasteiger charge is 2.14. The Morgan fingerprint density at radius 2 is 2.19 bits per heavy atom. The third-order valence-corrected chi connectivity index (χ3v) is 3.29. The highest BCUT2D eigenvalue weighted by Crippen LogP contribution is 2.30. The lowest BCUT2D eigenvalue weighted by molar-refractivity contribution is 0.691. The zero-order valence-electron chi connectivity index (χ0n) is 9.30. The average molecular weight is 233 g/mol. The van der Waals surface area contributed by atoms with E-state index in [0.29, 0.717) is 5.56 Å². The van der Waals surface area contributed by atoms with Crippen molar-refractivity contribution in [3.8, 4) is 6.07 Å². The monoisotopic (exact) mass is 233 g/mol. The molecule has 2 heterocycles. The minimum Gasteiger partial charge on any atom is -0.275 e. The highest BCUT2D eigenvalue weighted by atomic mass is 32.2. The zero-order valence-corrected chi connectivity index (χ0v) is 10.1. The van der Waals surface area contributed by atoms with E-state index in [4.69, 9.17) is 5.26 Å². The van der Waals surface area contributed by atoms with E-state index in [1.807, 2.05) is 27.2 Å². The molecule has 0 saturated carbocycles. The van der Waals surface area contributed by atoms with Crippen molar-refractivity contribution >= 4 is 11.8 Å². The van der Waals surface area contributed by atoms with E-state index < -0.39 is 0 Å². The van der Waals surface area contributed by atoms with Crippen LogP contribution in [-0.4, -0.2) is 19.6 Å². The van der Waals surface area contributed by atoms with Crippen LogP contribution in [-0.2, 0) is 14.1 Å². The Hall–Kier alpha value is -1.74. The number of aryl methyl sites for hydroxylation is 3. The number of nitrogens with zero attached hydrogens (tertiary/aromatic N) is 5. The Morgan fingerprint density at radius 3 is 2.75 bits per heavy atom. The fourth-order valence-corrected chi connectivity index (χ4v) is 2.44. The fraction of sp³-hybridized carbons (Fsp3) is 0.300. The van der Waals surface area contributed by atoms with Crippen molar-refractivity contribution in [2.24, 2.45) is 14.1 Å². The molecule has 5 nitrogen and oxygen atoms in total. The Balaban J connectivity index is 2.38. The summed E-state index contributed by atoms with van der Waals surface area (Å²) in [7, 11) is 3.70. The second-order valence-electron chi connectivity index (χ2n) is 3.45. The molecule has 0 atom stereocenters. The molecule has 0 aliphatic carbocycles. The first-order valence-electron chi connectivity index (χ1n) is 4.72. The Bertz CT molecular complexity index is 560. The van der Waals surface area contributed by atoms with Crippen molar-refractivity contribution in [1.29, 1.82) is 5.26 Å². The van der Waals surface area contributed by atoms with Crippen LogP contribution in [0.1, 0.15) is 11.3 Å². The van der Waals surface area contributed by atoms with Crippen LogP contribution in [0.15, 0.2) is 22.3 Å². The fourth-order valence-electron chi connectivity index (χ4n) is 1.45. The van der Waals surface area contributed by atoms with Crippen molar-refractivity contribution in [3.63, 3.8) is 0 Å². The van der Waals surface area contributed by atoms with Gasteiger partial charge in [0.25, 0.3) is 0 Å². The first-order valence-corrected chi connectivity index (χ1v) is 5.53. The third-order valence-electron chi connectivity index (χ3n) is 2.18. The molecule has 0 spiro atoms. The van der Waals surface area contributed by atoms with Gasteiger partial charge in [0.05, 0.1) is 16.8 Å². The molecule has 16 heavy (non-hydrogen) atoms. The molecule has 0 aliphatic rings. The van der Waals surface area contributed by atoms with Gasteiger partial charge in [-0.1, -0.05) is 11.8 Å². The molecule has 0 unspecified atom stereocenters. The lowest BCUT2D eigenvalue weighted by Gasteiger charge is -1.98. The van der Waals surface area contributed by atoms with Crippen molar-refractivity contribution in [2.75, 3.05) is 0 Å². The van der Waals surface area contributed by atoms with Gasteiger partial charge in [-0.25, -0.2) is 0 Å². The van der Waals surface area contributed by atoms with E-state index in [1.54, 1.807) is 15.6 Å². The van der Waals surface area contributed by atoms with E-state index >= 15 is 0 Å². The van der Waals surface area contributed by atoms with Crippen LogP contribution in [0.3, 0.4) is 0 Å². The van der Waals surface area contributed by atoms with Crippen molar-refractivity contribution in [2.45, 2.75) is 16.8 Å². The summed E-state index contributed by atoms with van der Waals surface area (Å²) < 4.78 is 3.46. The van der Waals surface area contributed by atoms with Crippen molar-refractivity contribution < 1.29 is 0 Å². The van der Waals surface area contributed by atoms with Crippen molar-refractivity contribution in [1.82, 2.24) is 19.6 Å². The molecular weight excluding hydrogens is 222 g/mol. The summed E-state index contributed by atoms with van der Waals surface area (Å²) in [5.74, 6) is 0. The van der Waals surface area contributed by atoms with Gasteiger partial charge in [-0.3, -0.25) is 9.36 Å². The van der Waals surface area contributed by atoms with Gasteiger partial charge in [0.2, 0.25) is 0 Å². The van der Waals surface area contributed by atoms with Crippen LogP contribution < -0.4 is 0 Å². The zero-order chi connectivity index (χ0) is 11.7. The average Bonchev–Trinajstić information content (AvgIpc) is 2.73. The van der Waals surface area contributed by atoms with E-state index in [-0.39, 0.29) is 0 Å². The molecule has 0 aromatic carbocycles. The molecule has 0 aliphatic heterocycles. The van der Waals surface area contributed by atoms with E-state index in [9.17, 15) is 0 Å². The molecular formula is C10H11N5S. The van der Waals surface area contributed by atoms with Crippen LogP contribution >= 0.6 is 11.8 Å². The van der Waals surface area contributed by atoms with Gasteiger partial charge in [0, 0.05) is 20.3 Å². The molecule has 0 N–H and O–H groups in total. The lowest BCUT2D eigenvalue weighted by atomic mass is 10.3. The van der Waals surface area contributed by atoms with E-state index in [2.05, 4.69) is 16.3 Å². The molecule has 0 radical (unpaired) electrons. The SMILES string of the molecule is Cc1nn(C)c(Sc2cnn(C)c2)c1C#N. The summed E-state index contributed by atoms with van der Waals surface area (Å²) >= 11 is 1.50. The maximum atomic E-state index is 9.06. The first-order chi connectivity index (χ1) is 7.61. The van der Waals surface area contributed by atoms with Crippen molar-refractivity contribution in [3.05, 3.63) is 23.7 Å². The van der Waals surface area contributed by atoms with Gasteiger partial charge in [-0.05, 0) is 6.92 Å². The number of rotatable bonds is 2. The second kappa shape index (κ2) is 4.02. The van der Waals surface area contributed by atoms with Crippen LogP contribution in [0.2, 0.25) is 0 Å². The minimum absolute atomic E-state index is 0.636. The van der Waals surface area contributed by atoms with Gasteiger partial charge in [-0.15, -0.1) is 0 Å². The molecule has 6 heteroatoms. The number of hydrogen-bond acceptors (Lipinski definition) is 4.